The lowest BCUT2D eigenvalue weighted by atomic mass is 10.1. The van der Waals surface area contributed by atoms with Gasteiger partial charge < -0.3 is 5.11 Å². The van der Waals surface area contributed by atoms with Gasteiger partial charge in [0.1, 0.15) is 6.42 Å². The highest BCUT2D eigenvalue weighted by atomic mass is 19.3. The second-order valence-electron chi connectivity index (χ2n) is 2.67. The van der Waals surface area contributed by atoms with Crippen molar-refractivity contribution < 1.29 is 27.5 Å². The third kappa shape index (κ3) is 5.94. The highest BCUT2D eigenvalue weighted by molar-refractivity contribution is 5.67. The highest BCUT2D eigenvalue weighted by Crippen LogP contribution is 2.32. The average molecular weight is 188 g/mol. The molecule has 0 amide bonds. The van der Waals surface area contributed by atoms with Crippen LogP contribution in [0.4, 0.5) is 17.6 Å². The molecule has 1 N–H and O–H groups in total. The van der Waals surface area contributed by atoms with Crippen molar-refractivity contribution in [2.24, 2.45) is 0 Å². The summed E-state index contributed by atoms with van der Waals surface area (Å²) in [6.45, 7) is 0.322. The van der Waals surface area contributed by atoms with Gasteiger partial charge >= 0.3 is 5.97 Å². The quantitative estimate of drug-likeness (QED) is 0.686. The fraction of sp³-hybridized carbons (Fsp3) is 0.833. The summed E-state index contributed by atoms with van der Waals surface area (Å²) in [7, 11) is 0. The van der Waals surface area contributed by atoms with E-state index in [9.17, 15) is 22.4 Å². The molecule has 0 radical (unpaired) electrons. The van der Waals surface area contributed by atoms with Crippen LogP contribution < -0.4 is 0 Å². The maximum absolute atomic E-state index is 12.3. The molecule has 0 aromatic carbocycles. The molecule has 0 fully saturated rings. The molecule has 0 heterocycles. The predicted octanol–water partition coefficient (Wildman–Crippen LogP) is 2.14. The van der Waals surface area contributed by atoms with Gasteiger partial charge in [-0.3, -0.25) is 4.79 Å². The van der Waals surface area contributed by atoms with E-state index in [1.807, 2.05) is 0 Å². The van der Waals surface area contributed by atoms with Gasteiger partial charge in [-0.15, -0.1) is 0 Å². The van der Waals surface area contributed by atoms with Crippen LogP contribution in [-0.2, 0) is 4.79 Å². The van der Waals surface area contributed by atoms with Crippen molar-refractivity contribution in [2.75, 3.05) is 0 Å². The maximum atomic E-state index is 12.3. The Morgan fingerprint density at radius 2 is 1.75 bits per heavy atom. The Balaban J connectivity index is 4.13. The average Bonchev–Trinajstić information content (AvgIpc) is 1.48. The Bertz CT molecular complexity index is 173. The number of hydrogen-bond acceptors (Lipinski definition) is 1. The van der Waals surface area contributed by atoms with Gasteiger partial charge in [-0.05, 0) is 6.92 Å². The van der Waals surface area contributed by atoms with Gasteiger partial charge in [0.2, 0.25) is 0 Å². The van der Waals surface area contributed by atoms with E-state index in [0.717, 1.165) is 0 Å². The van der Waals surface area contributed by atoms with Crippen molar-refractivity contribution in [3.63, 3.8) is 0 Å². The Kier molecular flexibility index (Phi) is 3.06. The number of alkyl halides is 4. The molecule has 0 unspecified atom stereocenters. The van der Waals surface area contributed by atoms with Crippen LogP contribution >= 0.6 is 0 Å². The van der Waals surface area contributed by atoms with Crippen molar-refractivity contribution in [3.05, 3.63) is 0 Å². The topological polar surface area (TPSA) is 37.3 Å². The van der Waals surface area contributed by atoms with Crippen molar-refractivity contribution in [1.82, 2.24) is 0 Å². The van der Waals surface area contributed by atoms with E-state index in [-0.39, 0.29) is 0 Å². The van der Waals surface area contributed by atoms with E-state index < -0.39 is 30.7 Å². The molecule has 0 spiro atoms. The number of rotatable bonds is 4. The molecule has 12 heavy (non-hydrogen) atoms. The number of hydrogen-bond donors (Lipinski definition) is 1. The van der Waals surface area contributed by atoms with E-state index in [0.29, 0.717) is 6.92 Å². The van der Waals surface area contributed by atoms with Crippen LogP contribution in [0.3, 0.4) is 0 Å². The first-order valence-corrected chi connectivity index (χ1v) is 3.10. The van der Waals surface area contributed by atoms with Gasteiger partial charge in [-0.1, -0.05) is 0 Å². The zero-order valence-corrected chi connectivity index (χ0v) is 6.28. The van der Waals surface area contributed by atoms with E-state index in [1.54, 1.807) is 0 Å². The minimum Gasteiger partial charge on any atom is -0.481 e. The smallest absolute Gasteiger partial charge is 0.309 e. The second kappa shape index (κ2) is 3.28. The lowest BCUT2D eigenvalue weighted by Crippen LogP contribution is -2.29. The third-order valence-electron chi connectivity index (χ3n) is 0.979. The largest absolute Gasteiger partial charge is 0.481 e. The molecule has 0 saturated carbocycles. The minimum atomic E-state index is -3.84. The summed E-state index contributed by atoms with van der Waals surface area (Å²) in [4.78, 5) is 9.78. The molecule has 6 heteroatoms. The molecule has 0 rings (SSSR count). The molecule has 2 nitrogen and oxygen atoms in total. The van der Waals surface area contributed by atoms with Crippen molar-refractivity contribution in [3.8, 4) is 0 Å². The Morgan fingerprint density at radius 1 is 1.33 bits per heavy atom. The first kappa shape index (κ1) is 11.2. The molecular weight excluding hydrogens is 180 g/mol. The van der Waals surface area contributed by atoms with Gasteiger partial charge in [0, 0.05) is 0 Å². The number of carboxylic acid groups (broad SMARTS) is 1. The monoisotopic (exact) mass is 188 g/mol. The number of halogens is 4. The summed E-state index contributed by atoms with van der Waals surface area (Å²) < 4.78 is 48.6. The summed E-state index contributed by atoms with van der Waals surface area (Å²) in [6, 6.07) is 0. The van der Waals surface area contributed by atoms with Gasteiger partial charge in [-0.2, -0.15) is 0 Å². The predicted molar refractivity (Wildman–Crippen MR) is 32.4 cm³/mol. The molecular formula is C6H8F4O2. The fourth-order valence-corrected chi connectivity index (χ4v) is 0.738. The van der Waals surface area contributed by atoms with Crippen LogP contribution in [0.2, 0.25) is 0 Å². The number of carbonyl (C=O) groups is 1. The van der Waals surface area contributed by atoms with E-state index >= 15 is 0 Å². The van der Waals surface area contributed by atoms with Gasteiger partial charge in [0.25, 0.3) is 11.8 Å². The molecule has 0 aromatic heterocycles. The normalized spacial score (nSPS) is 13.1. The maximum Gasteiger partial charge on any atom is 0.309 e. The van der Waals surface area contributed by atoms with E-state index in [1.165, 1.54) is 0 Å². The molecule has 0 bridgehead atoms. The Hall–Kier alpha value is -0.810. The molecule has 0 aliphatic rings. The SMILES string of the molecule is CC(F)(F)CC(F)(F)CC(=O)O. The Morgan fingerprint density at radius 3 is 2.00 bits per heavy atom. The Labute approximate surface area is 66.2 Å². The van der Waals surface area contributed by atoms with Crippen molar-refractivity contribution in [2.45, 2.75) is 31.6 Å². The van der Waals surface area contributed by atoms with Crippen molar-refractivity contribution >= 4 is 5.97 Å². The first-order valence-electron chi connectivity index (χ1n) is 3.10. The van der Waals surface area contributed by atoms with Crippen LogP contribution in [0.5, 0.6) is 0 Å². The minimum absolute atomic E-state index is 0.322. The van der Waals surface area contributed by atoms with Crippen LogP contribution in [-0.4, -0.2) is 22.9 Å². The standard InChI is InChI=1S/C6H8F4O2/c1-5(7,8)3-6(9,10)2-4(11)12/h2-3H2,1H3,(H,11,12). The zero-order valence-electron chi connectivity index (χ0n) is 6.28. The zero-order chi connectivity index (χ0) is 9.99. The summed E-state index contributed by atoms with van der Waals surface area (Å²) in [6.07, 6.45) is -3.29. The van der Waals surface area contributed by atoms with Crippen LogP contribution in [0, 0.1) is 0 Å². The van der Waals surface area contributed by atoms with Gasteiger partial charge in [-0.25, -0.2) is 17.6 Å². The van der Waals surface area contributed by atoms with Crippen LogP contribution in [0.1, 0.15) is 19.8 Å². The number of aliphatic carboxylic acids is 1. The first-order chi connectivity index (χ1) is 5.12. The lowest BCUT2D eigenvalue weighted by molar-refractivity contribution is -0.151. The van der Waals surface area contributed by atoms with E-state index in [4.69, 9.17) is 5.11 Å². The summed E-state index contributed by atoms with van der Waals surface area (Å²) in [5.74, 6) is -9.17. The third-order valence-corrected chi connectivity index (χ3v) is 0.979. The van der Waals surface area contributed by atoms with Crippen LogP contribution in [0.25, 0.3) is 0 Å². The van der Waals surface area contributed by atoms with Crippen molar-refractivity contribution in [1.29, 1.82) is 0 Å². The summed E-state index contributed by atoms with van der Waals surface area (Å²) in [5.41, 5.74) is 0. The lowest BCUT2D eigenvalue weighted by Gasteiger charge is -2.18. The summed E-state index contributed by atoms with van der Waals surface area (Å²) in [5, 5.41) is 7.92. The van der Waals surface area contributed by atoms with Gasteiger partial charge in [0.05, 0.1) is 6.42 Å². The highest BCUT2D eigenvalue weighted by Gasteiger charge is 2.41. The molecule has 0 atom stereocenters. The van der Waals surface area contributed by atoms with Crippen LogP contribution in [0.15, 0.2) is 0 Å². The molecule has 0 saturated heterocycles. The second-order valence-corrected chi connectivity index (χ2v) is 2.67. The van der Waals surface area contributed by atoms with Gasteiger partial charge in [0.15, 0.2) is 0 Å². The fourth-order valence-electron chi connectivity index (χ4n) is 0.738. The number of carboxylic acids is 1. The molecule has 0 aromatic rings. The molecule has 72 valence electrons. The van der Waals surface area contributed by atoms with E-state index in [2.05, 4.69) is 0 Å². The molecule has 0 aliphatic carbocycles. The summed E-state index contributed by atoms with van der Waals surface area (Å²) >= 11 is 0. The molecule has 0 aliphatic heterocycles.